The molecule has 0 aromatic rings. The van der Waals surface area contributed by atoms with Crippen LogP contribution in [0.25, 0.3) is 0 Å². The van der Waals surface area contributed by atoms with Crippen LogP contribution in [0.1, 0.15) is 13.3 Å². The van der Waals surface area contributed by atoms with Crippen LogP contribution >= 0.6 is 0 Å². The Kier molecular flexibility index (Phi) is 2.50. The molecule has 0 aromatic heterocycles. The Hall–Kier alpha value is -0.780. The molecular formula is C5H7F3O3. The molecule has 0 aliphatic heterocycles. The highest BCUT2D eigenvalue weighted by molar-refractivity contribution is 5.76. The molecule has 0 aliphatic carbocycles. The van der Waals surface area contributed by atoms with Crippen molar-refractivity contribution in [3.63, 3.8) is 0 Å². The lowest BCUT2D eigenvalue weighted by molar-refractivity contribution is -0.191. The fourth-order valence-electron chi connectivity index (χ4n) is 0.466. The second-order valence-electron chi connectivity index (χ2n) is 2.37. The lowest BCUT2D eigenvalue weighted by atomic mass is 10.0. The minimum atomic E-state index is -4.66. The van der Waals surface area contributed by atoms with E-state index in [9.17, 15) is 18.0 Å². The minimum Gasteiger partial charge on any atom is -0.479 e. The number of rotatable bonds is 2. The maximum atomic E-state index is 11.5. The highest BCUT2D eigenvalue weighted by atomic mass is 19.4. The van der Waals surface area contributed by atoms with E-state index in [0.29, 0.717) is 6.92 Å². The van der Waals surface area contributed by atoms with Crippen molar-refractivity contribution >= 4 is 5.97 Å². The molecule has 2 N–H and O–H groups in total. The molecule has 0 heterocycles. The zero-order valence-electron chi connectivity index (χ0n) is 5.64. The minimum absolute atomic E-state index is 0.600. The summed E-state index contributed by atoms with van der Waals surface area (Å²) in [5.74, 6) is -1.88. The van der Waals surface area contributed by atoms with Crippen LogP contribution in [-0.2, 0) is 4.79 Å². The van der Waals surface area contributed by atoms with Crippen LogP contribution < -0.4 is 0 Å². The van der Waals surface area contributed by atoms with E-state index >= 15 is 0 Å². The van der Waals surface area contributed by atoms with E-state index in [4.69, 9.17) is 10.2 Å². The molecule has 0 spiro atoms. The molecule has 0 saturated heterocycles. The van der Waals surface area contributed by atoms with Crippen LogP contribution in [0, 0.1) is 0 Å². The summed E-state index contributed by atoms with van der Waals surface area (Å²) in [6.07, 6.45) is -6.41. The highest BCUT2D eigenvalue weighted by Gasteiger charge is 2.43. The first-order chi connectivity index (χ1) is 4.65. The first-order valence-corrected chi connectivity index (χ1v) is 2.68. The van der Waals surface area contributed by atoms with Crippen molar-refractivity contribution in [1.29, 1.82) is 0 Å². The molecule has 0 rings (SSSR count). The van der Waals surface area contributed by atoms with Gasteiger partial charge in [0.1, 0.15) is 0 Å². The molecule has 0 bridgehead atoms. The third-order valence-electron chi connectivity index (χ3n) is 1.01. The van der Waals surface area contributed by atoms with Crippen LogP contribution in [0.3, 0.4) is 0 Å². The Morgan fingerprint density at radius 2 is 1.82 bits per heavy atom. The molecule has 1 atom stereocenters. The molecule has 1 unspecified atom stereocenters. The number of carboxylic acid groups (broad SMARTS) is 1. The Bertz CT molecular complexity index is 161. The molecule has 0 aliphatic rings. The molecule has 0 fully saturated rings. The van der Waals surface area contributed by atoms with Crippen molar-refractivity contribution in [2.24, 2.45) is 0 Å². The van der Waals surface area contributed by atoms with Gasteiger partial charge in [0, 0.05) is 0 Å². The summed E-state index contributed by atoms with van der Waals surface area (Å²) in [4.78, 5) is 9.95. The van der Waals surface area contributed by atoms with Gasteiger partial charge in [0.25, 0.3) is 0 Å². The standard InChI is InChI=1S/C5H7F3O3/c1-4(11,3(9)10)2-5(6,7)8/h11H,2H2,1H3,(H,9,10). The van der Waals surface area contributed by atoms with E-state index in [1.807, 2.05) is 0 Å². The molecule has 6 heteroatoms. The maximum absolute atomic E-state index is 11.5. The molecule has 66 valence electrons. The van der Waals surface area contributed by atoms with Gasteiger partial charge in [-0.1, -0.05) is 0 Å². The first-order valence-electron chi connectivity index (χ1n) is 2.68. The van der Waals surface area contributed by atoms with E-state index < -0.39 is 24.2 Å². The van der Waals surface area contributed by atoms with Gasteiger partial charge < -0.3 is 10.2 Å². The second-order valence-corrected chi connectivity index (χ2v) is 2.37. The fourth-order valence-corrected chi connectivity index (χ4v) is 0.466. The molecular weight excluding hydrogens is 165 g/mol. The fraction of sp³-hybridized carbons (Fsp3) is 0.800. The van der Waals surface area contributed by atoms with Crippen LogP contribution in [0.4, 0.5) is 13.2 Å². The summed E-state index contributed by atoms with van der Waals surface area (Å²) in [6, 6.07) is 0. The lowest BCUT2D eigenvalue weighted by Gasteiger charge is -2.18. The Morgan fingerprint density at radius 3 is 1.91 bits per heavy atom. The molecule has 3 nitrogen and oxygen atoms in total. The molecule has 0 saturated carbocycles. The van der Waals surface area contributed by atoms with Crippen LogP contribution in [0.15, 0.2) is 0 Å². The van der Waals surface area contributed by atoms with Crippen molar-refractivity contribution in [2.45, 2.75) is 25.1 Å². The highest BCUT2D eigenvalue weighted by Crippen LogP contribution is 2.27. The second kappa shape index (κ2) is 2.69. The van der Waals surface area contributed by atoms with Crippen molar-refractivity contribution in [3.05, 3.63) is 0 Å². The summed E-state index contributed by atoms with van der Waals surface area (Å²) >= 11 is 0. The van der Waals surface area contributed by atoms with Crippen molar-refractivity contribution in [3.8, 4) is 0 Å². The third-order valence-corrected chi connectivity index (χ3v) is 1.01. The first kappa shape index (κ1) is 10.2. The molecule has 11 heavy (non-hydrogen) atoms. The summed E-state index contributed by atoms with van der Waals surface area (Å²) in [6.45, 7) is 0.600. The lowest BCUT2D eigenvalue weighted by Crippen LogP contribution is -2.39. The average Bonchev–Trinajstić information content (AvgIpc) is 1.56. The average molecular weight is 172 g/mol. The summed E-state index contributed by atoms with van der Waals surface area (Å²) in [7, 11) is 0. The van der Waals surface area contributed by atoms with Gasteiger partial charge in [-0.25, -0.2) is 4.79 Å². The molecule has 0 aromatic carbocycles. The Balaban J connectivity index is 4.25. The van der Waals surface area contributed by atoms with Crippen molar-refractivity contribution in [2.75, 3.05) is 0 Å². The summed E-state index contributed by atoms with van der Waals surface area (Å²) < 4.78 is 34.5. The summed E-state index contributed by atoms with van der Waals surface area (Å²) in [5.41, 5.74) is -2.72. The molecule has 0 amide bonds. The van der Waals surface area contributed by atoms with E-state index in [1.165, 1.54) is 0 Å². The van der Waals surface area contributed by atoms with E-state index in [2.05, 4.69) is 0 Å². The third kappa shape index (κ3) is 3.82. The van der Waals surface area contributed by atoms with Gasteiger partial charge in [-0.2, -0.15) is 13.2 Å². The quantitative estimate of drug-likeness (QED) is 0.646. The van der Waals surface area contributed by atoms with Gasteiger partial charge in [0.15, 0.2) is 5.60 Å². The number of carbonyl (C=O) groups is 1. The zero-order valence-corrected chi connectivity index (χ0v) is 5.64. The van der Waals surface area contributed by atoms with Crippen molar-refractivity contribution < 1.29 is 28.2 Å². The SMILES string of the molecule is CC(O)(CC(F)(F)F)C(=O)O. The largest absolute Gasteiger partial charge is 0.479 e. The topological polar surface area (TPSA) is 57.5 Å². The normalized spacial score (nSPS) is 17.5. The number of alkyl halides is 3. The van der Waals surface area contributed by atoms with Gasteiger partial charge in [0.05, 0.1) is 6.42 Å². The smallest absolute Gasteiger partial charge is 0.392 e. The maximum Gasteiger partial charge on any atom is 0.392 e. The van der Waals surface area contributed by atoms with E-state index in [-0.39, 0.29) is 0 Å². The number of hydrogen-bond donors (Lipinski definition) is 2. The van der Waals surface area contributed by atoms with Crippen LogP contribution in [-0.4, -0.2) is 28.0 Å². The van der Waals surface area contributed by atoms with Gasteiger partial charge in [-0.15, -0.1) is 0 Å². The molecule has 0 radical (unpaired) electrons. The van der Waals surface area contributed by atoms with Gasteiger partial charge in [-0.05, 0) is 6.92 Å². The van der Waals surface area contributed by atoms with Gasteiger partial charge in [0.2, 0.25) is 0 Å². The predicted octanol–water partition coefficient (Wildman–Crippen LogP) is 0.774. The van der Waals surface area contributed by atoms with Crippen molar-refractivity contribution in [1.82, 2.24) is 0 Å². The van der Waals surface area contributed by atoms with Crippen LogP contribution in [0.5, 0.6) is 0 Å². The zero-order chi connectivity index (χ0) is 9.28. The number of aliphatic carboxylic acids is 1. The Labute approximate surface area is 60.4 Å². The number of halogens is 3. The monoisotopic (exact) mass is 172 g/mol. The predicted molar refractivity (Wildman–Crippen MR) is 28.9 cm³/mol. The van der Waals surface area contributed by atoms with Crippen LogP contribution in [0.2, 0.25) is 0 Å². The number of hydrogen-bond acceptors (Lipinski definition) is 2. The van der Waals surface area contributed by atoms with Gasteiger partial charge in [-0.3, -0.25) is 0 Å². The summed E-state index contributed by atoms with van der Waals surface area (Å²) in [5, 5.41) is 16.7. The Morgan fingerprint density at radius 1 is 1.45 bits per heavy atom. The number of aliphatic hydroxyl groups is 1. The number of carboxylic acids is 1. The van der Waals surface area contributed by atoms with Gasteiger partial charge >= 0.3 is 12.1 Å². The van der Waals surface area contributed by atoms with E-state index in [1.54, 1.807) is 0 Å². The van der Waals surface area contributed by atoms with E-state index in [0.717, 1.165) is 0 Å².